The number of carbonyl (C=O) groups excluding carboxylic acids is 1. The fraction of sp³-hybridized carbons (Fsp3) is 0.611. The summed E-state index contributed by atoms with van der Waals surface area (Å²) in [5.74, 6) is -0.947. The van der Waals surface area contributed by atoms with Crippen LogP contribution in [0.4, 0.5) is 0 Å². The van der Waals surface area contributed by atoms with Gasteiger partial charge in [0.15, 0.2) is 0 Å². The summed E-state index contributed by atoms with van der Waals surface area (Å²) in [5, 5.41) is 0. The van der Waals surface area contributed by atoms with E-state index < -0.39 is 13.5 Å². The lowest BCUT2D eigenvalue weighted by molar-refractivity contribution is -0.147. The van der Waals surface area contributed by atoms with Gasteiger partial charge in [0.2, 0.25) is 0 Å². The van der Waals surface area contributed by atoms with Gasteiger partial charge < -0.3 is 13.8 Å². The SMILES string of the molecule is CCOC(=O)C(Cc1ccccc1)CP(=O)(OC(C)C)OC(C)C. The Morgan fingerprint density at radius 1 is 1.04 bits per heavy atom. The average molecular weight is 356 g/mol. The predicted octanol–water partition coefficient (Wildman–Crippen LogP) is 4.45. The molecular weight excluding hydrogens is 327 g/mol. The van der Waals surface area contributed by atoms with Crippen molar-refractivity contribution in [2.24, 2.45) is 5.92 Å². The van der Waals surface area contributed by atoms with Gasteiger partial charge in [-0.05, 0) is 46.6 Å². The second-order valence-electron chi connectivity index (χ2n) is 6.24. The van der Waals surface area contributed by atoms with E-state index in [0.717, 1.165) is 5.56 Å². The first-order valence-corrected chi connectivity index (χ1v) is 10.1. The second-order valence-corrected chi connectivity index (χ2v) is 8.25. The summed E-state index contributed by atoms with van der Waals surface area (Å²) in [5.41, 5.74) is 0.983. The Morgan fingerprint density at radius 2 is 1.58 bits per heavy atom. The summed E-state index contributed by atoms with van der Waals surface area (Å²) in [6, 6.07) is 9.60. The molecule has 0 spiro atoms. The van der Waals surface area contributed by atoms with Gasteiger partial charge in [-0.2, -0.15) is 0 Å². The predicted molar refractivity (Wildman–Crippen MR) is 95.2 cm³/mol. The molecule has 1 atom stereocenters. The van der Waals surface area contributed by atoms with Gasteiger partial charge in [-0.3, -0.25) is 9.36 Å². The maximum absolute atomic E-state index is 13.1. The number of rotatable bonds is 10. The standard InChI is InChI=1S/C18H29O5P/c1-6-21-18(19)17(12-16-10-8-7-9-11-16)13-24(20,22-14(2)3)23-15(4)5/h7-11,14-15,17H,6,12-13H2,1-5H3. The molecule has 0 aliphatic heterocycles. The molecule has 0 bridgehead atoms. The Hall–Kier alpha value is -1.16. The lowest BCUT2D eigenvalue weighted by atomic mass is 10.0. The summed E-state index contributed by atoms with van der Waals surface area (Å²) in [7, 11) is -3.40. The third-order valence-corrected chi connectivity index (χ3v) is 5.51. The highest BCUT2D eigenvalue weighted by Crippen LogP contribution is 2.52. The first-order chi connectivity index (χ1) is 11.3. The number of hydrogen-bond acceptors (Lipinski definition) is 5. The Kier molecular flexibility index (Phi) is 8.68. The van der Waals surface area contributed by atoms with Gasteiger partial charge in [0.05, 0.1) is 30.9 Å². The van der Waals surface area contributed by atoms with Crippen LogP contribution in [-0.4, -0.2) is 30.9 Å². The number of benzene rings is 1. The Labute approximate surface area is 145 Å². The fourth-order valence-electron chi connectivity index (χ4n) is 2.40. The van der Waals surface area contributed by atoms with Crippen LogP contribution in [0.25, 0.3) is 0 Å². The third kappa shape index (κ3) is 7.61. The molecule has 1 aromatic rings. The largest absolute Gasteiger partial charge is 0.466 e. The maximum atomic E-state index is 13.1. The normalized spacial score (nSPS) is 13.3. The van der Waals surface area contributed by atoms with E-state index >= 15 is 0 Å². The minimum absolute atomic E-state index is 0.0110. The quantitative estimate of drug-likeness (QED) is 0.458. The van der Waals surface area contributed by atoms with Gasteiger partial charge in [-0.15, -0.1) is 0 Å². The zero-order valence-corrected chi connectivity index (χ0v) is 16.1. The smallest absolute Gasteiger partial charge is 0.332 e. The van der Waals surface area contributed by atoms with Crippen molar-refractivity contribution >= 4 is 13.6 Å². The van der Waals surface area contributed by atoms with E-state index in [2.05, 4.69) is 0 Å². The second kappa shape index (κ2) is 9.97. The van der Waals surface area contributed by atoms with Crippen LogP contribution in [-0.2, 0) is 29.6 Å². The van der Waals surface area contributed by atoms with Gasteiger partial charge in [0.1, 0.15) is 0 Å². The zero-order valence-electron chi connectivity index (χ0n) is 15.2. The molecule has 0 saturated carbocycles. The lowest BCUT2D eigenvalue weighted by Crippen LogP contribution is -2.26. The molecule has 1 aromatic carbocycles. The van der Waals surface area contributed by atoms with Gasteiger partial charge in [0, 0.05) is 0 Å². The van der Waals surface area contributed by atoms with Crippen LogP contribution in [0.2, 0.25) is 0 Å². The minimum atomic E-state index is -3.40. The molecule has 0 heterocycles. The van der Waals surface area contributed by atoms with Crippen molar-refractivity contribution in [3.63, 3.8) is 0 Å². The third-order valence-electron chi connectivity index (χ3n) is 3.13. The molecular formula is C18H29O5P. The molecule has 0 aliphatic rings. The van der Waals surface area contributed by atoms with Crippen molar-refractivity contribution in [2.75, 3.05) is 12.8 Å². The monoisotopic (exact) mass is 356 g/mol. The van der Waals surface area contributed by atoms with Gasteiger partial charge in [0.25, 0.3) is 0 Å². The van der Waals surface area contributed by atoms with Gasteiger partial charge in [-0.1, -0.05) is 30.3 Å². The van der Waals surface area contributed by atoms with Crippen LogP contribution in [0.15, 0.2) is 30.3 Å². The molecule has 1 unspecified atom stereocenters. The van der Waals surface area contributed by atoms with E-state index in [9.17, 15) is 9.36 Å². The van der Waals surface area contributed by atoms with E-state index in [-0.39, 0.29) is 30.9 Å². The maximum Gasteiger partial charge on any atom is 0.332 e. The Morgan fingerprint density at radius 3 is 2.04 bits per heavy atom. The van der Waals surface area contributed by atoms with Crippen LogP contribution >= 0.6 is 7.60 Å². The van der Waals surface area contributed by atoms with Crippen LogP contribution in [0.1, 0.15) is 40.2 Å². The number of ether oxygens (including phenoxy) is 1. The summed E-state index contributed by atoms with van der Waals surface area (Å²) < 4.78 is 29.4. The highest BCUT2D eigenvalue weighted by atomic mass is 31.2. The van der Waals surface area contributed by atoms with Crippen molar-refractivity contribution in [2.45, 2.75) is 53.2 Å². The topological polar surface area (TPSA) is 61.8 Å². The molecule has 1 rings (SSSR count). The van der Waals surface area contributed by atoms with Gasteiger partial charge in [-0.25, -0.2) is 0 Å². The van der Waals surface area contributed by atoms with E-state index in [1.807, 2.05) is 30.3 Å². The highest BCUT2D eigenvalue weighted by Gasteiger charge is 2.35. The number of esters is 1. The van der Waals surface area contributed by atoms with Crippen molar-refractivity contribution in [1.82, 2.24) is 0 Å². The van der Waals surface area contributed by atoms with Crippen molar-refractivity contribution in [1.29, 1.82) is 0 Å². The summed E-state index contributed by atoms with van der Waals surface area (Å²) in [6.45, 7) is 9.23. The van der Waals surface area contributed by atoms with Crippen LogP contribution in [0, 0.1) is 5.92 Å². The zero-order chi connectivity index (χ0) is 18.2. The van der Waals surface area contributed by atoms with Crippen molar-refractivity contribution in [3.8, 4) is 0 Å². The van der Waals surface area contributed by atoms with Crippen molar-refractivity contribution in [3.05, 3.63) is 35.9 Å². The molecule has 0 saturated heterocycles. The van der Waals surface area contributed by atoms with E-state index in [0.29, 0.717) is 6.42 Å². The number of carbonyl (C=O) groups is 1. The molecule has 6 heteroatoms. The number of hydrogen-bond donors (Lipinski definition) is 0. The van der Waals surface area contributed by atoms with Crippen LogP contribution < -0.4 is 0 Å². The van der Waals surface area contributed by atoms with Crippen LogP contribution in [0.5, 0.6) is 0 Å². The summed E-state index contributed by atoms with van der Waals surface area (Å²) >= 11 is 0. The fourth-order valence-corrected chi connectivity index (χ4v) is 4.73. The Bertz CT molecular complexity index is 528. The first-order valence-electron chi connectivity index (χ1n) is 8.42. The first kappa shape index (κ1) is 20.9. The molecule has 0 amide bonds. The Balaban J connectivity index is 2.98. The van der Waals surface area contributed by atoms with Crippen LogP contribution in [0.3, 0.4) is 0 Å². The van der Waals surface area contributed by atoms with Crippen molar-refractivity contribution < 1.29 is 23.1 Å². The molecule has 0 N–H and O–H groups in total. The molecule has 5 nitrogen and oxygen atoms in total. The van der Waals surface area contributed by atoms with E-state index in [1.165, 1.54) is 0 Å². The van der Waals surface area contributed by atoms with E-state index in [4.69, 9.17) is 13.8 Å². The average Bonchev–Trinajstić information content (AvgIpc) is 2.45. The molecule has 24 heavy (non-hydrogen) atoms. The molecule has 136 valence electrons. The summed E-state index contributed by atoms with van der Waals surface area (Å²) in [6.07, 6.45) is -0.0627. The molecule has 0 aromatic heterocycles. The minimum Gasteiger partial charge on any atom is -0.466 e. The highest BCUT2D eigenvalue weighted by molar-refractivity contribution is 7.53. The van der Waals surface area contributed by atoms with E-state index in [1.54, 1.807) is 34.6 Å². The molecule has 0 radical (unpaired) electrons. The summed E-state index contributed by atoms with van der Waals surface area (Å²) in [4.78, 5) is 12.3. The molecule has 0 aliphatic carbocycles. The van der Waals surface area contributed by atoms with Gasteiger partial charge >= 0.3 is 13.6 Å². The lowest BCUT2D eigenvalue weighted by Gasteiger charge is -2.26. The molecule has 0 fully saturated rings.